The third-order valence-electron chi connectivity index (χ3n) is 3.10. The molecule has 3 nitrogen and oxygen atoms in total. The zero-order valence-electron chi connectivity index (χ0n) is 12.0. The van der Waals surface area contributed by atoms with Gasteiger partial charge in [-0.2, -0.15) is 0 Å². The van der Waals surface area contributed by atoms with Crippen LogP contribution in [-0.2, 0) is 0 Å². The summed E-state index contributed by atoms with van der Waals surface area (Å²) in [5.41, 5.74) is 7.14. The second-order valence-corrected chi connectivity index (χ2v) is 6.37. The van der Waals surface area contributed by atoms with Crippen molar-refractivity contribution in [3.63, 3.8) is 0 Å². The number of nitrogens with one attached hydrogen (secondary N) is 1. The largest absolute Gasteiger partial charge is 0.397 e. The molecule has 0 radical (unpaired) electrons. The summed E-state index contributed by atoms with van der Waals surface area (Å²) in [6.45, 7) is 10.4. The van der Waals surface area contributed by atoms with E-state index in [1.807, 2.05) is 22.6 Å². The molecule has 1 aromatic rings. The summed E-state index contributed by atoms with van der Waals surface area (Å²) >= 11 is 1.94. The monoisotopic (exact) mass is 379 g/mol. The fourth-order valence-electron chi connectivity index (χ4n) is 2.15. The normalized spacial score (nSPS) is 11.6. The highest BCUT2D eigenvalue weighted by molar-refractivity contribution is 14.1. The highest BCUT2D eigenvalue weighted by atomic mass is 127. The summed E-state index contributed by atoms with van der Waals surface area (Å²) in [4.78, 5) is 2.38. The zero-order chi connectivity index (χ0) is 14.6. The first kappa shape index (κ1) is 16.5. The Morgan fingerprint density at radius 2 is 1.84 bits per heavy atom. The maximum absolute atomic E-state index is 13.5. The molecule has 19 heavy (non-hydrogen) atoms. The fourth-order valence-corrected chi connectivity index (χ4v) is 2.64. The molecule has 0 atom stereocenters. The van der Waals surface area contributed by atoms with Crippen molar-refractivity contribution in [2.75, 3.05) is 24.1 Å². The molecule has 108 valence electrons. The summed E-state index contributed by atoms with van der Waals surface area (Å²) < 4.78 is 14.0. The molecule has 0 saturated carbocycles. The van der Waals surface area contributed by atoms with E-state index in [4.69, 9.17) is 5.73 Å². The number of hydrogen-bond acceptors (Lipinski definition) is 3. The van der Waals surface area contributed by atoms with E-state index in [0.29, 0.717) is 27.0 Å². The van der Waals surface area contributed by atoms with Crippen molar-refractivity contribution in [3.05, 3.63) is 21.5 Å². The van der Waals surface area contributed by atoms with E-state index in [0.717, 1.165) is 13.1 Å². The molecule has 0 fully saturated rings. The third kappa shape index (κ3) is 4.80. The number of nitrogen functional groups attached to an aromatic ring is 1. The summed E-state index contributed by atoms with van der Waals surface area (Å²) in [7, 11) is 0. The molecular formula is C14H23FIN3. The molecule has 0 bridgehead atoms. The average molecular weight is 379 g/mol. The van der Waals surface area contributed by atoms with Gasteiger partial charge in [0.1, 0.15) is 5.82 Å². The summed E-state index contributed by atoms with van der Waals surface area (Å²) in [6, 6.07) is 4.10. The van der Waals surface area contributed by atoms with E-state index in [1.54, 1.807) is 6.07 Å². The van der Waals surface area contributed by atoms with Crippen molar-refractivity contribution < 1.29 is 4.39 Å². The van der Waals surface area contributed by atoms with E-state index < -0.39 is 0 Å². The van der Waals surface area contributed by atoms with Gasteiger partial charge >= 0.3 is 0 Å². The molecule has 0 aliphatic carbocycles. The number of anilines is 2. The average Bonchev–Trinajstić information content (AvgIpc) is 2.29. The van der Waals surface area contributed by atoms with Gasteiger partial charge in [0.25, 0.3) is 0 Å². The van der Waals surface area contributed by atoms with Crippen LogP contribution in [0.4, 0.5) is 15.8 Å². The van der Waals surface area contributed by atoms with Crippen LogP contribution in [0.1, 0.15) is 27.7 Å². The lowest BCUT2D eigenvalue weighted by molar-refractivity contribution is 0.182. The molecule has 0 unspecified atom stereocenters. The third-order valence-corrected chi connectivity index (χ3v) is 3.93. The lowest BCUT2D eigenvalue weighted by Gasteiger charge is -2.30. The molecular weight excluding hydrogens is 356 g/mol. The maximum Gasteiger partial charge on any atom is 0.138 e. The van der Waals surface area contributed by atoms with Gasteiger partial charge in [0.05, 0.1) is 14.9 Å². The van der Waals surface area contributed by atoms with Gasteiger partial charge < -0.3 is 11.1 Å². The number of halogens is 2. The molecule has 0 aliphatic rings. The Balaban J connectivity index is 2.60. The van der Waals surface area contributed by atoms with E-state index in [9.17, 15) is 4.39 Å². The Kier molecular flexibility index (Phi) is 6.32. The molecule has 3 N–H and O–H groups in total. The van der Waals surface area contributed by atoms with Crippen molar-refractivity contribution >= 4 is 34.0 Å². The van der Waals surface area contributed by atoms with Crippen molar-refractivity contribution in [1.82, 2.24) is 4.90 Å². The second kappa shape index (κ2) is 7.28. The van der Waals surface area contributed by atoms with Gasteiger partial charge in [-0.25, -0.2) is 4.39 Å². The molecule has 1 rings (SSSR count). The van der Waals surface area contributed by atoms with E-state index >= 15 is 0 Å². The fraction of sp³-hybridized carbons (Fsp3) is 0.571. The van der Waals surface area contributed by atoms with Crippen LogP contribution in [0.15, 0.2) is 12.1 Å². The quantitative estimate of drug-likeness (QED) is 0.587. The van der Waals surface area contributed by atoms with E-state index in [2.05, 4.69) is 37.9 Å². The molecule has 0 aromatic heterocycles. The van der Waals surface area contributed by atoms with Crippen molar-refractivity contribution in [1.29, 1.82) is 0 Å². The Labute approximate surface area is 128 Å². The predicted molar refractivity (Wildman–Crippen MR) is 89.0 cm³/mol. The topological polar surface area (TPSA) is 41.3 Å². The molecule has 5 heteroatoms. The van der Waals surface area contributed by atoms with Gasteiger partial charge in [0.15, 0.2) is 0 Å². The van der Waals surface area contributed by atoms with Crippen LogP contribution in [0.25, 0.3) is 0 Å². The first-order valence-electron chi connectivity index (χ1n) is 6.57. The molecule has 0 spiro atoms. The number of benzene rings is 1. The molecule has 1 aromatic carbocycles. The minimum absolute atomic E-state index is 0.234. The lowest BCUT2D eigenvalue weighted by Crippen LogP contribution is -2.40. The predicted octanol–water partition coefficient (Wildman–Crippen LogP) is 3.54. The van der Waals surface area contributed by atoms with Gasteiger partial charge in [-0.15, -0.1) is 0 Å². The SMILES string of the molecule is CC(C)N(CCNc1cc(F)c(I)cc1N)C(C)C. The van der Waals surface area contributed by atoms with Gasteiger partial charge in [0, 0.05) is 31.2 Å². The maximum atomic E-state index is 13.5. The number of rotatable bonds is 6. The van der Waals surface area contributed by atoms with Crippen LogP contribution in [0.5, 0.6) is 0 Å². The smallest absolute Gasteiger partial charge is 0.138 e. The molecule has 0 heterocycles. The Morgan fingerprint density at radius 3 is 2.37 bits per heavy atom. The standard InChI is InChI=1S/C14H23FIN3/c1-9(2)19(10(3)4)6-5-18-14-7-11(15)12(16)8-13(14)17/h7-10,18H,5-6,17H2,1-4H3. The van der Waals surface area contributed by atoms with E-state index in [-0.39, 0.29) is 5.82 Å². The van der Waals surface area contributed by atoms with Gasteiger partial charge in [-0.1, -0.05) is 0 Å². The Hall–Kier alpha value is -0.560. The minimum atomic E-state index is -0.234. The van der Waals surface area contributed by atoms with E-state index in [1.165, 1.54) is 6.07 Å². The van der Waals surface area contributed by atoms with Crippen LogP contribution in [0, 0.1) is 9.39 Å². The number of hydrogen-bond donors (Lipinski definition) is 2. The van der Waals surface area contributed by atoms with Crippen molar-refractivity contribution in [2.45, 2.75) is 39.8 Å². The highest BCUT2D eigenvalue weighted by Crippen LogP contribution is 2.23. The zero-order valence-corrected chi connectivity index (χ0v) is 14.2. The van der Waals surface area contributed by atoms with Crippen LogP contribution in [0.3, 0.4) is 0 Å². The van der Waals surface area contributed by atoms with Gasteiger partial charge in [0.2, 0.25) is 0 Å². The number of nitrogens with two attached hydrogens (primary N) is 1. The van der Waals surface area contributed by atoms with Gasteiger partial charge in [-0.3, -0.25) is 4.90 Å². The summed E-state index contributed by atoms with van der Waals surface area (Å²) in [6.07, 6.45) is 0. The molecule has 0 saturated heterocycles. The van der Waals surface area contributed by atoms with Crippen LogP contribution in [-0.4, -0.2) is 30.1 Å². The number of nitrogens with zero attached hydrogens (tertiary/aromatic N) is 1. The van der Waals surface area contributed by atoms with Crippen LogP contribution < -0.4 is 11.1 Å². The van der Waals surface area contributed by atoms with Crippen LogP contribution >= 0.6 is 22.6 Å². The van der Waals surface area contributed by atoms with Crippen molar-refractivity contribution in [3.8, 4) is 0 Å². The molecule has 0 amide bonds. The molecule has 0 aliphatic heterocycles. The van der Waals surface area contributed by atoms with Crippen molar-refractivity contribution in [2.24, 2.45) is 0 Å². The first-order valence-corrected chi connectivity index (χ1v) is 7.65. The van der Waals surface area contributed by atoms with Crippen LogP contribution in [0.2, 0.25) is 0 Å². The summed E-state index contributed by atoms with van der Waals surface area (Å²) in [5, 5.41) is 3.21. The lowest BCUT2D eigenvalue weighted by atomic mass is 10.2. The van der Waals surface area contributed by atoms with Gasteiger partial charge in [-0.05, 0) is 56.4 Å². The highest BCUT2D eigenvalue weighted by Gasteiger charge is 2.13. The first-order chi connectivity index (χ1) is 8.82. The second-order valence-electron chi connectivity index (χ2n) is 5.21. The summed E-state index contributed by atoms with van der Waals surface area (Å²) in [5.74, 6) is -0.234. The Morgan fingerprint density at radius 1 is 1.26 bits per heavy atom. The minimum Gasteiger partial charge on any atom is -0.397 e. The Bertz CT molecular complexity index is 413.